The smallest absolute Gasteiger partial charge is 0.326 e. The monoisotopic (exact) mass is 257 g/mol. The molecule has 0 aromatic heterocycles. The molecule has 1 aliphatic heterocycles. The van der Waals surface area contributed by atoms with Gasteiger partial charge in [0.2, 0.25) is 5.91 Å². The van der Waals surface area contributed by atoms with Gasteiger partial charge in [0.15, 0.2) is 5.12 Å². The number of rotatable bonds is 4. The maximum Gasteiger partial charge on any atom is 0.326 e. The summed E-state index contributed by atoms with van der Waals surface area (Å²) in [7, 11) is 0. The van der Waals surface area contributed by atoms with Crippen LogP contribution >= 0.6 is 11.8 Å². The molecule has 1 saturated carbocycles. The quantitative estimate of drug-likeness (QED) is 0.803. The zero-order chi connectivity index (χ0) is 12.6. The van der Waals surface area contributed by atoms with E-state index in [2.05, 4.69) is 0 Å². The molecule has 2 aliphatic rings. The molecule has 0 aromatic carbocycles. The summed E-state index contributed by atoms with van der Waals surface area (Å²) in [4.78, 5) is 35.4. The lowest BCUT2D eigenvalue weighted by molar-refractivity contribution is -0.149. The Kier molecular flexibility index (Phi) is 3.42. The van der Waals surface area contributed by atoms with E-state index in [9.17, 15) is 14.4 Å². The van der Waals surface area contributed by atoms with Gasteiger partial charge in [-0.3, -0.25) is 9.59 Å². The minimum Gasteiger partial charge on any atom is -0.480 e. The number of amides is 1. The van der Waals surface area contributed by atoms with Crippen molar-refractivity contribution in [3.8, 4) is 0 Å². The van der Waals surface area contributed by atoms with E-state index in [-0.39, 0.29) is 28.6 Å². The average molecular weight is 257 g/mol. The van der Waals surface area contributed by atoms with Gasteiger partial charge in [-0.15, -0.1) is 0 Å². The molecule has 0 spiro atoms. The number of aliphatic carboxylic acids is 1. The van der Waals surface area contributed by atoms with Crippen LogP contribution in [0.1, 0.15) is 26.2 Å². The van der Waals surface area contributed by atoms with Crippen LogP contribution < -0.4 is 0 Å². The van der Waals surface area contributed by atoms with Crippen molar-refractivity contribution < 1.29 is 19.5 Å². The topological polar surface area (TPSA) is 74.7 Å². The summed E-state index contributed by atoms with van der Waals surface area (Å²) >= 11 is 1.14. The van der Waals surface area contributed by atoms with Gasteiger partial charge in [0.05, 0.1) is 0 Å². The second kappa shape index (κ2) is 4.68. The summed E-state index contributed by atoms with van der Waals surface area (Å²) in [6, 6.07) is -0.681. The molecular formula is C11H15NO4S. The lowest BCUT2D eigenvalue weighted by Gasteiger charge is -2.24. The second-order valence-corrected chi connectivity index (χ2v) is 6.08. The first-order valence-corrected chi connectivity index (χ1v) is 6.56. The maximum absolute atomic E-state index is 11.8. The number of hydrogen-bond donors (Lipinski definition) is 1. The Labute approximate surface area is 104 Å². The molecule has 0 radical (unpaired) electrons. The Bertz CT molecular complexity index is 366. The molecule has 2 fully saturated rings. The molecule has 1 aliphatic carbocycles. The van der Waals surface area contributed by atoms with Gasteiger partial charge >= 0.3 is 5.97 Å². The Balaban J connectivity index is 2.03. The fourth-order valence-corrected chi connectivity index (χ4v) is 3.21. The fraction of sp³-hybridized carbons (Fsp3) is 0.727. The van der Waals surface area contributed by atoms with Crippen molar-refractivity contribution in [3.05, 3.63) is 0 Å². The van der Waals surface area contributed by atoms with E-state index < -0.39 is 12.0 Å². The highest BCUT2D eigenvalue weighted by molar-refractivity contribution is 8.14. The van der Waals surface area contributed by atoms with Crippen LogP contribution in [0.2, 0.25) is 0 Å². The van der Waals surface area contributed by atoms with Crippen LogP contribution in [0.15, 0.2) is 0 Å². The Morgan fingerprint density at radius 1 is 1.47 bits per heavy atom. The summed E-state index contributed by atoms with van der Waals surface area (Å²) in [5.41, 5.74) is 0. The predicted molar refractivity (Wildman–Crippen MR) is 62.5 cm³/mol. The van der Waals surface area contributed by atoms with E-state index in [1.165, 1.54) is 11.8 Å². The number of likely N-dealkylation sites (tertiary alicyclic amines) is 1. The first-order valence-electron chi connectivity index (χ1n) is 5.68. The van der Waals surface area contributed by atoms with E-state index in [1.807, 2.05) is 0 Å². The summed E-state index contributed by atoms with van der Waals surface area (Å²) < 4.78 is 0. The van der Waals surface area contributed by atoms with E-state index in [4.69, 9.17) is 5.11 Å². The third-order valence-electron chi connectivity index (χ3n) is 3.11. The van der Waals surface area contributed by atoms with E-state index in [0.29, 0.717) is 6.54 Å². The third-order valence-corrected chi connectivity index (χ3v) is 4.09. The predicted octanol–water partition coefficient (Wildman–Crippen LogP) is 0.730. The first-order chi connectivity index (χ1) is 7.99. The molecule has 2 atom stereocenters. The van der Waals surface area contributed by atoms with Gasteiger partial charge in [0.1, 0.15) is 6.04 Å². The summed E-state index contributed by atoms with van der Waals surface area (Å²) in [6.45, 7) is 1.85. The molecule has 6 heteroatoms. The minimum atomic E-state index is -0.922. The summed E-state index contributed by atoms with van der Waals surface area (Å²) in [6.07, 6.45) is 2.04. The molecule has 1 heterocycles. The van der Waals surface area contributed by atoms with Gasteiger partial charge < -0.3 is 10.0 Å². The van der Waals surface area contributed by atoms with Crippen molar-refractivity contribution in [1.82, 2.24) is 4.90 Å². The molecule has 1 saturated heterocycles. The molecule has 0 aromatic rings. The van der Waals surface area contributed by atoms with Gasteiger partial charge in [0.25, 0.3) is 0 Å². The fourth-order valence-electron chi connectivity index (χ4n) is 2.28. The van der Waals surface area contributed by atoms with Crippen molar-refractivity contribution in [2.45, 2.75) is 37.5 Å². The van der Waals surface area contributed by atoms with Gasteiger partial charge in [-0.2, -0.15) is 0 Å². The van der Waals surface area contributed by atoms with Crippen molar-refractivity contribution >= 4 is 28.8 Å². The number of carboxylic acids is 1. The standard InChI is InChI=1S/C11H15NO4S/c1-6(13)17-8-4-9(14)12(5-8)10(11(15)16)7-2-3-7/h7-8,10H,2-5H2,1H3,(H,15,16)/t8?,10-/m0/s1. The second-order valence-electron chi connectivity index (χ2n) is 4.60. The average Bonchev–Trinajstić information content (AvgIpc) is 2.93. The zero-order valence-corrected chi connectivity index (χ0v) is 10.4. The van der Waals surface area contributed by atoms with Crippen LogP contribution in [0.3, 0.4) is 0 Å². The number of hydrogen-bond acceptors (Lipinski definition) is 4. The Morgan fingerprint density at radius 2 is 2.12 bits per heavy atom. The first kappa shape index (κ1) is 12.4. The van der Waals surface area contributed by atoms with E-state index in [1.54, 1.807) is 0 Å². The highest BCUT2D eigenvalue weighted by Gasteiger charge is 2.45. The Hall–Kier alpha value is -1.04. The van der Waals surface area contributed by atoms with Crippen LogP contribution in [0.4, 0.5) is 0 Å². The summed E-state index contributed by atoms with van der Waals surface area (Å²) in [5, 5.41) is 9.05. The Morgan fingerprint density at radius 3 is 2.59 bits per heavy atom. The molecule has 2 rings (SSSR count). The number of carbonyl (C=O) groups excluding carboxylic acids is 2. The maximum atomic E-state index is 11.8. The minimum absolute atomic E-state index is 0.0250. The molecular weight excluding hydrogens is 242 g/mol. The molecule has 1 N–H and O–H groups in total. The van der Waals surface area contributed by atoms with Gasteiger partial charge in [-0.25, -0.2) is 4.79 Å². The molecule has 1 amide bonds. The van der Waals surface area contributed by atoms with Crippen LogP contribution in [-0.4, -0.2) is 44.8 Å². The van der Waals surface area contributed by atoms with Crippen molar-refractivity contribution in [2.24, 2.45) is 5.92 Å². The van der Waals surface area contributed by atoms with Crippen LogP contribution in [0, 0.1) is 5.92 Å². The molecule has 17 heavy (non-hydrogen) atoms. The van der Waals surface area contributed by atoms with Crippen LogP contribution in [0.25, 0.3) is 0 Å². The number of nitrogens with zero attached hydrogens (tertiary/aromatic N) is 1. The SMILES string of the molecule is CC(=O)SC1CC(=O)N([C@H](C(=O)O)C2CC2)C1. The number of carbonyl (C=O) groups is 3. The lowest BCUT2D eigenvalue weighted by atomic mass is 10.1. The highest BCUT2D eigenvalue weighted by atomic mass is 32.2. The largest absolute Gasteiger partial charge is 0.480 e. The van der Waals surface area contributed by atoms with E-state index >= 15 is 0 Å². The van der Waals surface area contributed by atoms with Gasteiger partial charge in [-0.1, -0.05) is 11.8 Å². The highest BCUT2D eigenvalue weighted by Crippen LogP contribution is 2.38. The van der Waals surface area contributed by atoms with Crippen molar-refractivity contribution in [3.63, 3.8) is 0 Å². The third kappa shape index (κ3) is 2.80. The summed E-state index contributed by atoms with van der Waals surface area (Å²) in [5.74, 6) is -0.949. The normalized spacial score (nSPS) is 26.1. The molecule has 0 bridgehead atoms. The van der Waals surface area contributed by atoms with Crippen molar-refractivity contribution in [2.75, 3.05) is 6.54 Å². The van der Waals surface area contributed by atoms with Crippen LogP contribution in [0.5, 0.6) is 0 Å². The van der Waals surface area contributed by atoms with E-state index in [0.717, 1.165) is 24.6 Å². The van der Waals surface area contributed by atoms with Gasteiger partial charge in [0, 0.05) is 25.1 Å². The zero-order valence-electron chi connectivity index (χ0n) is 9.59. The molecule has 1 unspecified atom stereocenters. The molecule has 94 valence electrons. The number of carboxylic acid groups (broad SMARTS) is 1. The lowest BCUT2D eigenvalue weighted by Crippen LogP contribution is -2.43. The van der Waals surface area contributed by atoms with Crippen LogP contribution in [-0.2, 0) is 14.4 Å². The van der Waals surface area contributed by atoms with Crippen molar-refractivity contribution in [1.29, 1.82) is 0 Å². The van der Waals surface area contributed by atoms with Gasteiger partial charge in [-0.05, 0) is 18.8 Å². The number of thioether (sulfide) groups is 1. The molecule has 5 nitrogen and oxygen atoms in total.